The molecule has 0 spiro atoms. The van der Waals surface area contributed by atoms with Crippen LogP contribution in [0.1, 0.15) is 57.0 Å². The number of likely N-dealkylation sites (tertiary alicyclic amines) is 1. The maximum Gasteiger partial charge on any atom is 0.340 e. The maximum absolute atomic E-state index is 13.5. The number of fused-ring (bicyclic) bond motifs is 1. The number of hydrogen-bond acceptors (Lipinski definition) is 4. The van der Waals surface area contributed by atoms with Crippen molar-refractivity contribution in [2.75, 3.05) is 25.5 Å². The maximum atomic E-state index is 13.5. The summed E-state index contributed by atoms with van der Waals surface area (Å²) in [6.45, 7) is 12.3. The Morgan fingerprint density at radius 1 is 1.05 bits per heavy atom. The molecular formula is C33H38N4O3. The van der Waals surface area contributed by atoms with Gasteiger partial charge in [-0.05, 0) is 58.6 Å². The Labute approximate surface area is 236 Å². The fourth-order valence-corrected chi connectivity index (χ4v) is 5.60. The Kier molecular flexibility index (Phi) is 7.41. The lowest BCUT2D eigenvalue weighted by Crippen LogP contribution is -2.33. The summed E-state index contributed by atoms with van der Waals surface area (Å²) in [5, 5.41) is 3.09. The number of esters is 1. The number of nitrogens with one attached hydrogen (secondary N) is 1. The van der Waals surface area contributed by atoms with Crippen molar-refractivity contribution in [3.05, 3.63) is 78.1 Å². The molecule has 1 N–H and O–H groups in total. The van der Waals surface area contributed by atoms with Gasteiger partial charge in [0.25, 0.3) is 0 Å². The molecular weight excluding hydrogens is 500 g/mol. The van der Waals surface area contributed by atoms with Crippen LogP contribution in [-0.4, -0.2) is 46.7 Å². The van der Waals surface area contributed by atoms with E-state index >= 15 is 0 Å². The Morgan fingerprint density at radius 3 is 2.45 bits per heavy atom. The molecule has 40 heavy (non-hydrogen) atoms. The van der Waals surface area contributed by atoms with Gasteiger partial charge >= 0.3 is 12.0 Å². The molecule has 1 saturated heterocycles. The van der Waals surface area contributed by atoms with Gasteiger partial charge in [0.15, 0.2) is 0 Å². The number of methoxy groups -OCH3 is 1. The molecule has 7 heteroatoms. The van der Waals surface area contributed by atoms with E-state index in [9.17, 15) is 9.59 Å². The van der Waals surface area contributed by atoms with E-state index in [4.69, 9.17) is 4.74 Å². The monoisotopic (exact) mass is 538 g/mol. The van der Waals surface area contributed by atoms with Crippen LogP contribution in [0, 0.1) is 11.8 Å². The van der Waals surface area contributed by atoms with Crippen LogP contribution in [0.15, 0.2) is 67.0 Å². The van der Waals surface area contributed by atoms with Gasteiger partial charge in [-0.25, -0.2) is 14.6 Å². The van der Waals surface area contributed by atoms with Crippen LogP contribution >= 0.6 is 0 Å². The Balaban J connectivity index is 1.64. The topological polar surface area (TPSA) is 76.5 Å². The fourth-order valence-electron chi connectivity index (χ4n) is 5.60. The average molecular weight is 539 g/mol. The van der Waals surface area contributed by atoms with Gasteiger partial charge in [0, 0.05) is 18.8 Å². The summed E-state index contributed by atoms with van der Waals surface area (Å²) in [6.07, 6.45) is 2.77. The van der Waals surface area contributed by atoms with Gasteiger partial charge in [-0.2, -0.15) is 0 Å². The number of carbonyl (C=O) groups is 2. The van der Waals surface area contributed by atoms with E-state index in [1.807, 2.05) is 64.1 Å². The number of anilines is 1. The highest BCUT2D eigenvalue weighted by molar-refractivity contribution is 6.03. The van der Waals surface area contributed by atoms with Gasteiger partial charge in [-0.1, -0.05) is 77.1 Å². The van der Waals surface area contributed by atoms with E-state index in [-0.39, 0.29) is 11.4 Å². The van der Waals surface area contributed by atoms with Gasteiger partial charge < -0.3 is 15.0 Å². The van der Waals surface area contributed by atoms with Crippen LogP contribution in [0.25, 0.3) is 27.8 Å². The first-order valence-corrected chi connectivity index (χ1v) is 13.9. The van der Waals surface area contributed by atoms with Gasteiger partial charge in [0.2, 0.25) is 0 Å². The first kappa shape index (κ1) is 27.4. The fraction of sp³-hybridized carbons (Fsp3) is 0.364. The lowest BCUT2D eigenvalue weighted by molar-refractivity contribution is 0.0601. The summed E-state index contributed by atoms with van der Waals surface area (Å²) in [5.74, 6) is 0.662. The van der Waals surface area contributed by atoms with Gasteiger partial charge in [-0.3, -0.25) is 4.57 Å². The van der Waals surface area contributed by atoms with Crippen molar-refractivity contribution in [1.82, 2.24) is 14.5 Å². The molecule has 1 aliphatic heterocycles. The normalized spacial score (nSPS) is 15.6. The van der Waals surface area contributed by atoms with E-state index in [2.05, 4.69) is 51.0 Å². The van der Waals surface area contributed by atoms with Gasteiger partial charge in [-0.15, -0.1) is 0 Å². The SMILES string of the molecule is COC(=O)c1c(-c2ccccc2)ccc(C(C)(C)C)c1-n1cnc2ccc(NC(=O)N3CCC(C(C)C)C3)cc21. The number of rotatable bonds is 5. The molecule has 0 saturated carbocycles. The second-order valence-electron chi connectivity index (χ2n) is 12.0. The second kappa shape index (κ2) is 10.8. The number of ether oxygens (including phenoxy) is 1. The highest BCUT2D eigenvalue weighted by Crippen LogP contribution is 2.38. The van der Waals surface area contributed by atoms with Crippen LogP contribution in [0.2, 0.25) is 0 Å². The van der Waals surface area contributed by atoms with E-state index in [1.165, 1.54) is 7.11 Å². The van der Waals surface area contributed by atoms with Gasteiger partial charge in [0.05, 0.1) is 29.4 Å². The number of hydrogen-bond donors (Lipinski definition) is 1. The molecule has 1 atom stereocenters. The summed E-state index contributed by atoms with van der Waals surface area (Å²) >= 11 is 0. The summed E-state index contributed by atoms with van der Waals surface area (Å²) in [4.78, 5) is 33.1. The number of carbonyl (C=O) groups excluding carboxylic acids is 2. The molecule has 1 aromatic heterocycles. The molecule has 5 rings (SSSR count). The number of imidazole rings is 1. The number of benzene rings is 3. The minimum absolute atomic E-state index is 0.0923. The molecule has 4 aromatic rings. The first-order chi connectivity index (χ1) is 19.1. The summed E-state index contributed by atoms with van der Waals surface area (Å²) in [5.41, 5.74) is 5.86. The lowest BCUT2D eigenvalue weighted by atomic mass is 9.82. The molecule has 3 aromatic carbocycles. The summed E-state index contributed by atoms with van der Waals surface area (Å²) < 4.78 is 7.29. The zero-order valence-corrected chi connectivity index (χ0v) is 24.2. The van der Waals surface area contributed by atoms with E-state index in [0.717, 1.165) is 52.9 Å². The van der Waals surface area contributed by atoms with Crippen molar-refractivity contribution >= 4 is 28.7 Å². The molecule has 1 unspecified atom stereocenters. The zero-order chi connectivity index (χ0) is 28.6. The molecule has 0 bridgehead atoms. The van der Waals surface area contributed by atoms with Crippen molar-refractivity contribution < 1.29 is 14.3 Å². The molecule has 0 radical (unpaired) electrons. The number of nitrogens with zero attached hydrogens (tertiary/aromatic N) is 3. The Hall–Kier alpha value is -4.13. The van der Waals surface area contributed by atoms with Crippen molar-refractivity contribution in [2.24, 2.45) is 11.8 Å². The quantitative estimate of drug-likeness (QED) is 0.271. The van der Waals surface area contributed by atoms with Crippen LogP contribution < -0.4 is 5.32 Å². The largest absolute Gasteiger partial charge is 0.465 e. The smallest absolute Gasteiger partial charge is 0.340 e. The number of aromatic nitrogens is 2. The predicted octanol–water partition coefficient (Wildman–Crippen LogP) is 7.29. The van der Waals surface area contributed by atoms with Crippen molar-refractivity contribution in [1.29, 1.82) is 0 Å². The van der Waals surface area contributed by atoms with E-state index < -0.39 is 5.97 Å². The van der Waals surface area contributed by atoms with Gasteiger partial charge in [0.1, 0.15) is 6.33 Å². The van der Waals surface area contributed by atoms with Crippen molar-refractivity contribution in [3.63, 3.8) is 0 Å². The van der Waals surface area contributed by atoms with Crippen LogP contribution in [0.4, 0.5) is 10.5 Å². The third kappa shape index (κ3) is 5.20. The zero-order valence-electron chi connectivity index (χ0n) is 24.2. The Bertz CT molecular complexity index is 1550. The van der Waals surface area contributed by atoms with Crippen molar-refractivity contribution in [3.8, 4) is 16.8 Å². The molecule has 2 amide bonds. The second-order valence-corrected chi connectivity index (χ2v) is 12.0. The molecule has 7 nitrogen and oxygen atoms in total. The first-order valence-electron chi connectivity index (χ1n) is 13.9. The number of urea groups is 1. The predicted molar refractivity (Wildman–Crippen MR) is 160 cm³/mol. The minimum atomic E-state index is -0.417. The minimum Gasteiger partial charge on any atom is -0.465 e. The Morgan fingerprint density at radius 2 is 1.80 bits per heavy atom. The third-order valence-corrected chi connectivity index (χ3v) is 7.95. The third-order valence-electron chi connectivity index (χ3n) is 7.95. The highest BCUT2D eigenvalue weighted by Gasteiger charge is 2.30. The standard InChI is InChI=1S/C33H38N4O3/c1-21(2)23-16-17-36(19-23)32(39)35-24-12-15-27-28(18-24)37(20-34-27)30-26(33(3,4)5)14-13-25(29(30)31(38)40-6)22-10-8-7-9-11-22/h7-15,18,20-21,23H,16-17,19H2,1-6H3,(H,35,39). The van der Waals surface area contributed by atoms with Crippen LogP contribution in [0.5, 0.6) is 0 Å². The van der Waals surface area contributed by atoms with E-state index in [0.29, 0.717) is 23.1 Å². The van der Waals surface area contributed by atoms with Crippen molar-refractivity contribution in [2.45, 2.75) is 46.5 Å². The molecule has 0 aliphatic carbocycles. The van der Waals surface area contributed by atoms with Crippen LogP contribution in [0.3, 0.4) is 0 Å². The molecule has 1 fully saturated rings. The van der Waals surface area contributed by atoms with E-state index in [1.54, 1.807) is 6.33 Å². The molecule has 1 aliphatic rings. The molecule has 208 valence electrons. The molecule has 2 heterocycles. The number of amides is 2. The summed E-state index contributed by atoms with van der Waals surface area (Å²) in [6, 6.07) is 19.5. The highest BCUT2D eigenvalue weighted by atomic mass is 16.5. The van der Waals surface area contributed by atoms with Crippen LogP contribution in [-0.2, 0) is 10.2 Å². The average Bonchev–Trinajstić information content (AvgIpc) is 3.60. The summed E-state index contributed by atoms with van der Waals surface area (Å²) in [7, 11) is 1.41. The lowest BCUT2D eigenvalue weighted by Gasteiger charge is -2.27.